The van der Waals surface area contributed by atoms with Crippen LogP contribution in [0.3, 0.4) is 0 Å². The zero-order valence-electron chi connectivity index (χ0n) is 32.1. The number of rotatable bonds is 6. The second kappa shape index (κ2) is 20.9. The van der Waals surface area contributed by atoms with Gasteiger partial charge in [0, 0.05) is 12.8 Å². The molecule has 13 atom stereocenters. The first-order valence-corrected chi connectivity index (χ1v) is 19.7. The smallest absolute Gasteiger partial charge is 0.306 e. The number of aliphatic hydroxyl groups excluding tert-OH is 4. The van der Waals surface area contributed by atoms with Gasteiger partial charge in [-0.2, -0.15) is 0 Å². The molecule has 0 aromatic heterocycles. The standard InChI is InChI=1S/C43H66O9/c1-7-11-27(2)20-32(44)15-14-29(4)22-40-43-42(52-43)39-19-18-35(50-39)25-34-16-17-36(49-34)26-38(47)37(46)24-31(6)30(5)23-33(45)21-28(3)12-9-8-10-13-41(48)51-40/h7-9,11-12,14-15,22,27,30,32-40,42-47H,6,10,13,16-21,23-26H2,1-5H3/b9-8+,11-7+,15-14+,28-12+,29-22+. The molecule has 52 heavy (non-hydrogen) atoms. The highest BCUT2D eigenvalue weighted by Crippen LogP contribution is 2.40. The predicted octanol–water partition coefficient (Wildman–Crippen LogP) is 6.75. The van der Waals surface area contributed by atoms with Crippen molar-refractivity contribution in [1.82, 2.24) is 0 Å². The number of esters is 1. The Bertz CT molecular complexity index is 1300. The van der Waals surface area contributed by atoms with E-state index in [0.29, 0.717) is 32.1 Å². The molecule has 0 aromatic carbocycles. The third kappa shape index (κ3) is 14.1. The minimum absolute atomic E-state index is 0.0188. The van der Waals surface area contributed by atoms with Crippen LogP contribution in [0, 0.1) is 11.8 Å². The molecule has 4 heterocycles. The van der Waals surface area contributed by atoms with Crippen LogP contribution in [0.15, 0.2) is 71.9 Å². The molecule has 0 spiro atoms. The molecule has 0 radical (unpaired) electrons. The number of aliphatic hydroxyl groups is 4. The van der Waals surface area contributed by atoms with E-state index in [-0.39, 0.29) is 67.3 Å². The third-order valence-electron chi connectivity index (χ3n) is 10.9. The molecule has 9 heteroatoms. The van der Waals surface area contributed by atoms with E-state index in [9.17, 15) is 25.2 Å². The number of hydrogen-bond donors (Lipinski definition) is 4. The summed E-state index contributed by atoms with van der Waals surface area (Å²) in [5.41, 5.74) is 2.69. The van der Waals surface area contributed by atoms with Gasteiger partial charge in [-0.05, 0) is 103 Å². The molecule has 4 aliphatic rings. The van der Waals surface area contributed by atoms with Crippen molar-refractivity contribution >= 4 is 5.97 Å². The van der Waals surface area contributed by atoms with E-state index in [1.54, 1.807) is 6.08 Å². The van der Waals surface area contributed by atoms with Gasteiger partial charge in [-0.15, -0.1) is 0 Å². The quantitative estimate of drug-likeness (QED) is 0.101. The van der Waals surface area contributed by atoms with Gasteiger partial charge in [0.1, 0.15) is 18.3 Å². The zero-order chi connectivity index (χ0) is 37.8. The van der Waals surface area contributed by atoms with Crippen molar-refractivity contribution in [1.29, 1.82) is 0 Å². The molecular weight excluding hydrogens is 660 g/mol. The largest absolute Gasteiger partial charge is 0.455 e. The normalized spacial score (nSPS) is 39.4. The summed E-state index contributed by atoms with van der Waals surface area (Å²) in [6.45, 7) is 14.1. The van der Waals surface area contributed by atoms with Gasteiger partial charge in [-0.25, -0.2) is 0 Å². The first kappa shape index (κ1) is 42.4. The Labute approximate surface area is 312 Å². The fourth-order valence-electron chi connectivity index (χ4n) is 7.78. The number of hydrogen-bond acceptors (Lipinski definition) is 9. The lowest BCUT2D eigenvalue weighted by molar-refractivity contribution is -0.147. The monoisotopic (exact) mass is 726 g/mol. The van der Waals surface area contributed by atoms with Crippen molar-refractivity contribution in [3.05, 3.63) is 71.9 Å². The van der Waals surface area contributed by atoms with Crippen LogP contribution in [0.25, 0.3) is 0 Å². The number of fused-ring (bicyclic) bond motifs is 6. The zero-order valence-corrected chi connectivity index (χ0v) is 32.1. The summed E-state index contributed by atoms with van der Waals surface area (Å²) in [4.78, 5) is 13.1. The number of ether oxygens (including phenoxy) is 4. The van der Waals surface area contributed by atoms with Crippen LogP contribution in [-0.4, -0.2) is 93.5 Å². The van der Waals surface area contributed by atoms with Gasteiger partial charge in [0.2, 0.25) is 0 Å². The molecule has 4 rings (SSSR count). The Morgan fingerprint density at radius 2 is 1.67 bits per heavy atom. The maximum atomic E-state index is 13.1. The van der Waals surface area contributed by atoms with Crippen molar-refractivity contribution in [2.75, 3.05) is 0 Å². The van der Waals surface area contributed by atoms with Gasteiger partial charge >= 0.3 is 5.97 Å². The Morgan fingerprint density at radius 3 is 2.42 bits per heavy atom. The molecule has 4 aliphatic heterocycles. The van der Waals surface area contributed by atoms with Crippen molar-refractivity contribution in [2.45, 2.75) is 179 Å². The summed E-state index contributed by atoms with van der Waals surface area (Å²) in [5.74, 6) is -0.0700. The third-order valence-corrected chi connectivity index (χ3v) is 10.9. The SMILES string of the molecule is C=C1CC(O)C(O)CC2CCC(CC3CCC(O3)C3OC3C(/C=C(C)/C=C/C(O)CC(C)/C=C/C)OC(=O)CC/C=C/C=C(\C)CC(O)CC1C)O2. The lowest BCUT2D eigenvalue weighted by Crippen LogP contribution is -2.31. The summed E-state index contributed by atoms with van der Waals surface area (Å²) in [5, 5.41) is 42.9. The Kier molecular flexibility index (Phi) is 17.0. The van der Waals surface area contributed by atoms with Gasteiger partial charge in [0.05, 0.1) is 48.8 Å². The van der Waals surface area contributed by atoms with Gasteiger partial charge in [0.25, 0.3) is 0 Å². The summed E-state index contributed by atoms with van der Waals surface area (Å²) >= 11 is 0. The lowest BCUT2D eigenvalue weighted by atomic mass is 9.88. The molecule has 3 saturated heterocycles. The number of carbonyl (C=O) groups excluding carboxylic acids is 1. The van der Waals surface area contributed by atoms with E-state index in [4.69, 9.17) is 18.9 Å². The maximum absolute atomic E-state index is 13.1. The minimum atomic E-state index is -0.937. The molecule has 9 nitrogen and oxygen atoms in total. The highest BCUT2D eigenvalue weighted by molar-refractivity contribution is 5.70. The van der Waals surface area contributed by atoms with Gasteiger partial charge in [0.15, 0.2) is 0 Å². The fraction of sp³-hybridized carbons (Fsp3) is 0.698. The van der Waals surface area contributed by atoms with Crippen LogP contribution in [0.2, 0.25) is 0 Å². The highest BCUT2D eigenvalue weighted by Gasteiger charge is 2.53. The van der Waals surface area contributed by atoms with Crippen LogP contribution in [0.5, 0.6) is 0 Å². The number of carbonyl (C=O) groups is 1. The van der Waals surface area contributed by atoms with E-state index in [1.165, 1.54) is 0 Å². The number of allylic oxidation sites excluding steroid dienone is 7. The van der Waals surface area contributed by atoms with Crippen molar-refractivity contribution in [3.8, 4) is 0 Å². The van der Waals surface area contributed by atoms with Crippen LogP contribution < -0.4 is 0 Å². The lowest BCUT2D eigenvalue weighted by Gasteiger charge is -2.25. The van der Waals surface area contributed by atoms with E-state index < -0.39 is 30.5 Å². The van der Waals surface area contributed by atoms with Crippen molar-refractivity contribution in [2.24, 2.45) is 11.8 Å². The summed E-state index contributed by atoms with van der Waals surface area (Å²) in [6.07, 6.45) is 18.4. The van der Waals surface area contributed by atoms with Crippen LogP contribution in [-0.2, 0) is 23.7 Å². The summed E-state index contributed by atoms with van der Waals surface area (Å²) in [7, 11) is 0. The van der Waals surface area contributed by atoms with Crippen LogP contribution in [0.1, 0.15) is 112 Å². The first-order chi connectivity index (χ1) is 24.8. The second-order valence-electron chi connectivity index (χ2n) is 15.9. The number of epoxide rings is 1. The topological polar surface area (TPSA) is 138 Å². The first-order valence-electron chi connectivity index (χ1n) is 19.7. The highest BCUT2D eigenvalue weighted by atomic mass is 16.7. The van der Waals surface area contributed by atoms with Crippen molar-refractivity contribution < 1.29 is 44.2 Å². The molecule has 0 saturated carbocycles. The molecule has 0 amide bonds. The number of cyclic esters (lactones) is 1. The van der Waals surface area contributed by atoms with Crippen LogP contribution in [0.4, 0.5) is 0 Å². The van der Waals surface area contributed by atoms with E-state index in [2.05, 4.69) is 19.6 Å². The summed E-state index contributed by atoms with van der Waals surface area (Å²) < 4.78 is 25.0. The Balaban J connectivity index is 1.44. The second-order valence-corrected chi connectivity index (χ2v) is 15.9. The molecule has 4 bridgehead atoms. The van der Waals surface area contributed by atoms with Gasteiger partial charge in [-0.3, -0.25) is 4.79 Å². The average molecular weight is 727 g/mol. The average Bonchev–Trinajstić information content (AvgIpc) is 3.53. The van der Waals surface area contributed by atoms with E-state index >= 15 is 0 Å². The molecule has 4 N–H and O–H groups in total. The molecule has 0 aliphatic carbocycles. The molecule has 13 unspecified atom stereocenters. The molecule has 292 valence electrons. The van der Waals surface area contributed by atoms with Gasteiger partial charge in [-0.1, -0.05) is 79.7 Å². The molecule has 0 aromatic rings. The van der Waals surface area contributed by atoms with E-state index in [1.807, 2.05) is 64.2 Å². The fourth-order valence-corrected chi connectivity index (χ4v) is 7.78. The molecule has 3 fully saturated rings. The van der Waals surface area contributed by atoms with E-state index in [0.717, 1.165) is 48.8 Å². The molecular formula is C43H66O9. The Morgan fingerprint density at radius 1 is 0.962 bits per heavy atom. The predicted molar refractivity (Wildman–Crippen MR) is 203 cm³/mol. The van der Waals surface area contributed by atoms with Crippen molar-refractivity contribution in [3.63, 3.8) is 0 Å². The summed E-state index contributed by atoms with van der Waals surface area (Å²) in [6, 6.07) is 0. The van der Waals surface area contributed by atoms with Crippen LogP contribution >= 0.6 is 0 Å². The maximum Gasteiger partial charge on any atom is 0.306 e. The Hall–Kier alpha value is -2.37. The minimum Gasteiger partial charge on any atom is -0.455 e. The van der Waals surface area contributed by atoms with Gasteiger partial charge < -0.3 is 39.4 Å².